The van der Waals surface area contributed by atoms with Gasteiger partial charge in [-0.25, -0.2) is 0 Å². The standard InChI is InChI=1S/C18H29N3O/c1-4-21(18(22)17(19)14(2)3)16-10-11-20(13-16)12-15-8-6-5-7-9-15/h5-9,14,16-17H,4,10-13,19H2,1-3H3/t16-,17?/m0/s1. The van der Waals surface area contributed by atoms with Crippen molar-refractivity contribution in [2.75, 3.05) is 19.6 Å². The van der Waals surface area contributed by atoms with Crippen LogP contribution in [0, 0.1) is 5.92 Å². The van der Waals surface area contributed by atoms with E-state index in [1.54, 1.807) is 0 Å². The maximum atomic E-state index is 12.6. The largest absolute Gasteiger partial charge is 0.337 e. The third-order valence-corrected chi connectivity index (χ3v) is 4.56. The van der Waals surface area contributed by atoms with Crippen LogP contribution in [-0.4, -0.2) is 47.4 Å². The van der Waals surface area contributed by atoms with Crippen LogP contribution in [0.15, 0.2) is 30.3 Å². The molecule has 122 valence electrons. The molecule has 2 atom stereocenters. The number of rotatable bonds is 6. The molecule has 0 saturated carbocycles. The van der Waals surface area contributed by atoms with Crippen molar-refractivity contribution in [3.8, 4) is 0 Å². The van der Waals surface area contributed by atoms with E-state index < -0.39 is 0 Å². The van der Waals surface area contributed by atoms with E-state index in [9.17, 15) is 4.79 Å². The molecule has 1 heterocycles. The number of benzene rings is 1. The summed E-state index contributed by atoms with van der Waals surface area (Å²) < 4.78 is 0. The summed E-state index contributed by atoms with van der Waals surface area (Å²) in [7, 11) is 0. The first-order valence-electron chi connectivity index (χ1n) is 8.35. The van der Waals surface area contributed by atoms with Gasteiger partial charge in [0.25, 0.3) is 0 Å². The number of carbonyl (C=O) groups is 1. The molecule has 1 fully saturated rings. The van der Waals surface area contributed by atoms with Gasteiger partial charge in [-0.2, -0.15) is 0 Å². The Kier molecular flexibility index (Phi) is 5.98. The summed E-state index contributed by atoms with van der Waals surface area (Å²) in [6, 6.07) is 10.4. The van der Waals surface area contributed by atoms with Crippen molar-refractivity contribution in [1.29, 1.82) is 0 Å². The molecule has 2 rings (SSSR count). The molecule has 2 N–H and O–H groups in total. The second-order valence-corrected chi connectivity index (χ2v) is 6.56. The van der Waals surface area contributed by atoms with E-state index >= 15 is 0 Å². The minimum Gasteiger partial charge on any atom is -0.337 e. The first kappa shape index (κ1) is 17.0. The molecule has 0 bridgehead atoms. The fraction of sp³-hybridized carbons (Fsp3) is 0.611. The normalized spacial score (nSPS) is 20.3. The fourth-order valence-corrected chi connectivity index (χ4v) is 3.12. The SMILES string of the molecule is CCN(C(=O)C(N)C(C)C)[C@H]1CCN(Cc2ccccc2)C1. The molecule has 1 aromatic carbocycles. The van der Waals surface area contributed by atoms with Crippen LogP contribution in [0.4, 0.5) is 0 Å². The summed E-state index contributed by atoms with van der Waals surface area (Å²) in [5.41, 5.74) is 7.39. The molecule has 0 radical (unpaired) electrons. The zero-order valence-electron chi connectivity index (χ0n) is 14.0. The Morgan fingerprint density at radius 2 is 2.05 bits per heavy atom. The number of nitrogens with two attached hydrogens (primary N) is 1. The van der Waals surface area contributed by atoms with E-state index in [2.05, 4.69) is 29.2 Å². The summed E-state index contributed by atoms with van der Waals surface area (Å²) in [5, 5.41) is 0. The van der Waals surface area contributed by atoms with Crippen LogP contribution in [0.1, 0.15) is 32.8 Å². The summed E-state index contributed by atoms with van der Waals surface area (Å²) in [6.07, 6.45) is 1.04. The van der Waals surface area contributed by atoms with Gasteiger partial charge >= 0.3 is 0 Å². The van der Waals surface area contributed by atoms with Crippen molar-refractivity contribution in [2.45, 2.75) is 45.8 Å². The van der Waals surface area contributed by atoms with Crippen molar-refractivity contribution in [2.24, 2.45) is 11.7 Å². The Balaban J connectivity index is 1.94. The maximum absolute atomic E-state index is 12.6. The first-order valence-corrected chi connectivity index (χ1v) is 8.35. The highest BCUT2D eigenvalue weighted by Gasteiger charge is 2.32. The maximum Gasteiger partial charge on any atom is 0.240 e. The lowest BCUT2D eigenvalue weighted by Gasteiger charge is -2.31. The first-order chi connectivity index (χ1) is 10.5. The highest BCUT2D eigenvalue weighted by Crippen LogP contribution is 2.19. The third kappa shape index (κ3) is 4.08. The van der Waals surface area contributed by atoms with Crippen molar-refractivity contribution in [3.05, 3.63) is 35.9 Å². The smallest absolute Gasteiger partial charge is 0.240 e. The van der Waals surface area contributed by atoms with Crippen molar-refractivity contribution < 1.29 is 4.79 Å². The molecule has 0 aliphatic carbocycles. The Morgan fingerprint density at radius 3 is 2.64 bits per heavy atom. The van der Waals surface area contributed by atoms with Gasteiger partial charge in [0, 0.05) is 32.2 Å². The topological polar surface area (TPSA) is 49.6 Å². The molecular formula is C18H29N3O. The van der Waals surface area contributed by atoms with Crippen molar-refractivity contribution >= 4 is 5.91 Å². The Hall–Kier alpha value is -1.39. The molecule has 0 spiro atoms. The van der Waals surface area contributed by atoms with Gasteiger partial charge in [0.1, 0.15) is 0 Å². The number of nitrogens with zero attached hydrogens (tertiary/aromatic N) is 2. The quantitative estimate of drug-likeness (QED) is 0.875. The molecule has 4 nitrogen and oxygen atoms in total. The molecule has 0 aromatic heterocycles. The van der Waals surface area contributed by atoms with E-state index in [4.69, 9.17) is 5.73 Å². The van der Waals surface area contributed by atoms with Crippen LogP contribution >= 0.6 is 0 Å². The molecule has 1 unspecified atom stereocenters. The number of carbonyl (C=O) groups excluding carboxylic acids is 1. The van der Waals surface area contributed by atoms with E-state index in [0.29, 0.717) is 6.04 Å². The number of likely N-dealkylation sites (tertiary alicyclic amines) is 1. The molecule has 22 heavy (non-hydrogen) atoms. The highest BCUT2D eigenvalue weighted by atomic mass is 16.2. The monoisotopic (exact) mass is 303 g/mol. The van der Waals surface area contributed by atoms with Gasteiger partial charge in [0.2, 0.25) is 5.91 Å². The number of hydrogen-bond acceptors (Lipinski definition) is 3. The Labute approximate surface area is 134 Å². The highest BCUT2D eigenvalue weighted by molar-refractivity contribution is 5.82. The zero-order chi connectivity index (χ0) is 16.1. The van der Waals surface area contributed by atoms with Gasteiger partial charge < -0.3 is 10.6 Å². The van der Waals surface area contributed by atoms with E-state index in [1.807, 2.05) is 31.7 Å². The lowest BCUT2D eigenvalue weighted by Crippen LogP contribution is -2.51. The second kappa shape index (κ2) is 7.75. The summed E-state index contributed by atoms with van der Waals surface area (Å²) in [4.78, 5) is 17.0. The molecule has 1 amide bonds. The van der Waals surface area contributed by atoms with Crippen LogP contribution in [0.2, 0.25) is 0 Å². The van der Waals surface area contributed by atoms with E-state index in [0.717, 1.165) is 32.6 Å². The van der Waals surface area contributed by atoms with Crippen molar-refractivity contribution in [1.82, 2.24) is 9.80 Å². The zero-order valence-corrected chi connectivity index (χ0v) is 14.0. The van der Waals surface area contributed by atoms with E-state index in [1.165, 1.54) is 5.56 Å². The lowest BCUT2D eigenvalue weighted by molar-refractivity contribution is -0.135. The minimum absolute atomic E-state index is 0.101. The fourth-order valence-electron chi connectivity index (χ4n) is 3.12. The molecule has 1 aliphatic heterocycles. The van der Waals surface area contributed by atoms with Crippen LogP contribution in [0.25, 0.3) is 0 Å². The van der Waals surface area contributed by atoms with Gasteiger partial charge in [-0.15, -0.1) is 0 Å². The molecule has 1 aromatic rings. The molecule has 4 heteroatoms. The predicted molar refractivity (Wildman–Crippen MR) is 90.3 cm³/mol. The Bertz CT molecular complexity index is 474. The van der Waals surface area contributed by atoms with Gasteiger partial charge in [-0.05, 0) is 24.8 Å². The van der Waals surface area contributed by atoms with Crippen LogP contribution < -0.4 is 5.73 Å². The summed E-state index contributed by atoms with van der Waals surface area (Å²) in [6.45, 7) is 9.74. The van der Waals surface area contributed by atoms with Crippen LogP contribution in [0.3, 0.4) is 0 Å². The average molecular weight is 303 g/mol. The van der Waals surface area contributed by atoms with Gasteiger partial charge in [0.15, 0.2) is 0 Å². The minimum atomic E-state index is -0.386. The van der Waals surface area contributed by atoms with Crippen LogP contribution in [-0.2, 0) is 11.3 Å². The number of hydrogen-bond donors (Lipinski definition) is 1. The van der Waals surface area contributed by atoms with E-state index in [-0.39, 0.29) is 17.9 Å². The lowest BCUT2D eigenvalue weighted by atomic mass is 10.0. The number of amides is 1. The molecule has 1 aliphatic rings. The average Bonchev–Trinajstić information content (AvgIpc) is 2.96. The summed E-state index contributed by atoms with van der Waals surface area (Å²) in [5.74, 6) is 0.285. The molecular weight excluding hydrogens is 274 g/mol. The second-order valence-electron chi connectivity index (χ2n) is 6.56. The van der Waals surface area contributed by atoms with Gasteiger partial charge in [0.05, 0.1) is 6.04 Å². The third-order valence-electron chi connectivity index (χ3n) is 4.56. The summed E-state index contributed by atoms with van der Waals surface area (Å²) >= 11 is 0. The number of likely N-dealkylation sites (N-methyl/N-ethyl adjacent to an activating group) is 1. The van der Waals surface area contributed by atoms with Gasteiger partial charge in [-0.1, -0.05) is 44.2 Å². The predicted octanol–water partition coefficient (Wildman–Crippen LogP) is 2.09. The van der Waals surface area contributed by atoms with Crippen LogP contribution in [0.5, 0.6) is 0 Å². The Morgan fingerprint density at radius 1 is 1.36 bits per heavy atom. The molecule has 1 saturated heterocycles. The van der Waals surface area contributed by atoms with Gasteiger partial charge in [-0.3, -0.25) is 9.69 Å². The van der Waals surface area contributed by atoms with Crippen molar-refractivity contribution in [3.63, 3.8) is 0 Å².